The summed E-state index contributed by atoms with van der Waals surface area (Å²) in [6.07, 6.45) is 11.1. The normalized spacial score (nSPS) is 32.4. The molecular formula is C29H36ClN3O4S. The lowest BCUT2D eigenvalue weighted by atomic mass is 9.74. The fourth-order valence-electron chi connectivity index (χ4n) is 6.74. The van der Waals surface area contributed by atoms with Crippen LogP contribution in [0.25, 0.3) is 0 Å². The van der Waals surface area contributed by atoms with Crippen LogP contribution in [0.15, 0.2) is 48.6 Å². The van der Waals surface area contributed by atoms with Gasteiger partial charge in [0.15, 0.2) is 0 Å². The van der Waals surface area contributed by atoms with Crippen LogP contribution in [0, 0.1) is 11.8 Å². The SMILES string of the molecule is CCCN1CC=C[C@]2(C)S[C@]34C=CCN(c5ccccc5Cl)C(=O)C3N(CCCCCO)C(=O)[C@@H]4[C@@H]2C1=O. The predicted octanol–water partition coefficient (Wildman–Crippen LogP) is 3.90. The van der Waals surface area contributed by atoms with Crippen molar-refractivity contribution in [2.45, 2.75) is 55.1 Å². The third kappa shape index (κ3) is 4.29. The number of benzene rings is 1. The molecule has 1 spiro atoms. The molecule has 4 aliphatic heterocycles. The van der Waals surface area contributed by atoms with E-state index in [2.05, 4.69) is 6.08 Å². The number of aliphatic hydroxyl groups is 1. The number of nitrogens with zero attached hydrogens (tertiary/aromatic N) is 3. The number of likely N-dealkylation sites (tertiary alicyclic amines) is 1. The molecule has 1 aromatic rings. The Morgan fingerprint density at radius 1 is 0.974 bits per heavy atom. The molecule has 5 rings (SSSR count). The number of para-hydroxylation sites is 1. The van der Waals surface area contributed by atoms with Crippen molar-refractivity contribution in [2.75, 3.05) is 37.7 Å². The molecule has 0 aromatic heterocycles. The van der Waals surface area contributed by atoms with Gasteiger partial charge in [-0.15, -0.1) is 11.8 Å². The predicted molar refractivity (Wildman–Crippen MR) is 151 cm³/mol. The summed E-state index contributed by atoms with van der Waals surface area (Å²) in [7, 11) is 0. The van der Waals surface area contributed by atoms with Crippen molar-refractivity contribution in [3.63, 3.8) is 0 Å². The van der Waals surface area contributed by atoms with Gasteiger partial charge in [-0.25, -0.2) is 0 Å². The minimum atomic E-state index is -0.865. The number of thioether (sulfide) groups is 1. The Hall–Kier alpha value is -2.29. The third-order valence-corrected chi connectivity index (χ3v) is 10.5. The smallest absolute Gasteiger partial charge is 0.251 e. The Labute approximate surface area is 233 Å². The number of unbranched alkanes of at least 4 members (excludes halogenated alkanes) is 2. The molecule has 204 valence electrons. The first-order chi connectivity index (χ1) is 18.3. The van der Waals surface area contributed by atoms with E-state index in [1.54, 1.807) is 27.6 Å². The zero-order valence-electron chi connectivity index (χ0n) is 22.0. The van der Waals surface area contributed by atoms with E-state index in [1.807, 2.05) is 55.2 Å². The number of anilines is 1. The molecule has 5 atom stereocenters. The van der Waals surface area contributed by atoms with E-state index in [9.17, 15) is 19.5 Å². The average Bonchev–Trinajstić information content (AvgIpc) is 3.16. The maximum absolute atomic E-state index is 14.5. The van der Waals surface area contributed by atoms with Gasteiger partial charge < -0.3 is 19.8 Å². The summed E-state index contributed by atoms with van der Waals surface area (Å²) in [5, 5.41) is 9.74. The molecule has 1 aromatic carbocycles. The van der Waals surface area contributed by atoms with Gasteiger partial charge in [-0.2, -0.15) is 0 Å². The minimum absolute atomic E-state index is 0.00369. The number of halogens is 1. The number of hydrogen-bond acceptors (Lipinski definition) is 5. The number of hydrogen-bond donors (Lipinski definition) is 1. The van der Waals surface area contributed by atoms with Crippen LogP contribution in [0.3, 0.4) is 0 Å². The Morgan fingerprint density at radius 2 is 1.74 bits per heavy atom. The summed E-state index contributed by atoms with van der Waals surface area (Å²) in [5.74, 6) is -1.49. The minimum Gasteiger partial charge on any atom is -0.396 e. The Bertz CT molecular complexity index is 1170. The summed E-state index contributed by atoms with van der Waals surface area (Å²) in [6.45, 7) is 6.11. The van der Waals surface area contributed by atoms with Gasteiger partial charge in [0.2, 0.25) is 11.8 Å². The first-order valence-electron chi connectivity index (χ1n) is 13.6. The maximum atomic E-state index is 14.5. The molecular weight excluding hydrogens is 522 g/mol. The molecule has 0 aliphatic carbocycles. The highest BCUT2D eigenvalue weighted by Crippen LogP contribution is 2.65. The zero-order valence-corrected chi connectivity index (χ0v) is 23.6. The van der Waals surface area contributed by atoms with E-state index >= 15 is 0 Å². The molecule has 1 unspecified atom stereocenters. The van der Waals surface area contributed by atoms with Crippen molar-refractivity contribution in [1.29, 1.82) is 0 Å². The molecule has 0 radical (unpaired) electrons. The van der Waals surface area contributed by atoms with Crippen molar-refractivity contribution in [3.05, 3.63) is 53.6 Å². The van der Waals surface area contributed by atoms with E-state index in [-0.39, 0.29) is 24.3 Å². The van der Waals surface area contributed by atoms with Gasteiger partial charge in [0.05, 0.1) is 27.3 Å². The molecule has 2 saturated heterocycles. The molecule has 0 saturated carbocycles. The summed E-state index contributed by atoms with van der Waals surface area (Å²) < 4.78 is -1.47. The molecule has 2 fully saturated rings. The monoisotopic (exact) mass is 557 g/mol. The van der Waals surface area contributed by atoms with Gasteiger partial charge in [0.1, 0.15) is 6.04 Å². The Morgan fingerprint density at radius 3 is 2.47 bits per heavy atom. The fraction of sp³-hybridized carbons (Fsp3) is 0.552. The molecule has 3 amide bonds. The van der Waals surface area contributed by atoms with Gasteiger partial charge in [0, 0.05) is 37.5 Å². The highest BCUT2D eigenvalue weighted by molar-refractivity contribution is 8.02. The fourth-order valence-corrected chi connectivity index (χ4v) is 9.14. The topological polar surface area (TPSA) is 81.2 Å². The second kappa shape index (κ2) is 10.7. The Kier molecular flexibility index (Phi) is 7.68. The van der Waals surface area contributed by atoms with Crippen LogP contribution in [0.2, 0.25) is 5.02 Å². The Balaban J connectivity index is 1.60. The highest BCUT2D eigenvalue weighted by atomic mass is 35.5. The number of carbonyl (C=O) groups excluding carboxylic acids is 3. The summed E-state index contributed by atoms with van der Waals surface area (Å²) in [4.78, 5) is 48.1. The van der Waals surface area contributed by atoms with Gasteiger partial charge in [-0.1, -0.05) is 55.0 Å². The van der Waals surface area contributed by atoms with Crippen LogP contribution in [0.5, 0.6) is 0 Å². The van der Waals surface area contributed by atoms with Crippen LogP contribution in [0.1, 0.15) is 39.5 Å². The lowest BCUT2D eigenvalue weighted by molar-refractivity contribution is -0.143. The number of amides is 3. The average molecular weight is 558 g/mol. The van der Waals surface area contributed by atoms with Crippen LogP contribution < -0.4 is 4.90 Å². The van der Waals surface area contributed by atoms with E-state index in [0.29, 0.717) is 49.7 Å². The number of fused-ring (bicyclic) bond motifs is 2. The van der Waals surface area contributed by atoms with Gasteiger partial charge in [0.25, 0.3) is 5.91 Å². The molecule has 38 heavy (non-hydrogen) atoms. The van der Waals surface area contributed by atoms with Crippen LogP contribution in [-0.2, 0) is 14.4 Å². The largest absolute Gasteiger partial charge is 0.396 e. The van der Waals surface area contributed by atoms with Crippen molar-refractivity contribution < 1.29 is 19.5 Å². The highest BCUT2D eigenvalue weighted by Gasteiger charge is 2.73. The molecule has 1 N–H and O–H groups in total. The lowest BCUT2D eigenvalue weighted by Crippen LogP contribution is -2.53. The van der Waals surface area contributed by atoms with Gasteiger partial charge >= 0.3 is 0 Å². The summed E-state index contributed by atoms with van der Waals surface area (Å²) in [6, 6.07) is 6.52. The van der Waals surface area contributed by atoms with Crippen molar-refractivity contribution in [1.82, 2.24) is 9.80 Å². The molecule has 9 heteroatoms. The first kappa shape index (κ1) is 27.3. The lowest BCUT2D eigenvalue weighted by Gasteiger charge is -2.37. The van der Waals surface area contributed by atoms with Gasteiger partial charge in [-0.05, 0) is 44.7 Å². The second-order valence-electron chi connectivity index (χ2n) is 10.8. The van der Waals surface area contributed by atoms with E-state index in [4.69, 9.17) is 11.6 Å². The molecule has 0 bridgehead atoms. The van der Waals surface area contributed by atoms with Crippen LogP contribution in [0.4, 0.5) is 5.69 Å². The molecule has 4 heterocycles. The number of carbonyl (C=O) groups is 3. The van der Waals surface area contributed by atoms with E-state index in [0.717, 1.165) is 12.8 Å². The number of aliphatic hydroxyl groups excluding tert-OH is 1. The van der Waals surface area contributed by atoms with Crippen LogP contribution in [-0.4, -0.2) is 80.9 Å². The maximum Gasteiger partial charge on any atom is 0.251 e. The van der Waals surface area contributed by atoms with Crippen LogP contribution >= 0.6 is 23.4 Å². The second-order valence-corrected chi connectivity index (χ2v) is 13.0. The summed E-state index contributed by atoms with van der Waals surface area (Å²) >= 11 is 8.13. The van der Waals surface area contributed by atoms with Crippen molar-refractivity contribution in [3.8, 4) is 0 Å². The summed E-state index contributed by atoms with van der Waals surface area (Å²) in [5.41, 5.74) is 0.616. The van der Waals surface area contributed by atoms with E-state index < -0.39 is 27.4 Å². The standard InChI is InChI=1S/C29H36ClN3O4S/c1-3-15-31-16-9-13-28(2)22(25(31)35)23-26(36)33(17-7-4-8-19-34)24-27(37)32(18-10-14-29(23,24)38-28)21-12-6-5-11-20(21)30/h5-6,9-14,22-24,34H,3-4,7-8,15-19H2,1-2H3/t22-,23+,24?,28+,29+/m1/s1. The molecule has 7 nitrogen and oxygen atoms in total. The van der Waals surface area contributed by atoms with Crippen molar-refractivity contribution in [2.24, 2.45) is 11.8 Å². The first-order valence-corrected chi connectivity index (χ1v) is 14.8. The third-order valence-electron chi connectivity index (χ3n) is 8.33. The zero-order chi connectivity index (χ0) is 27.1. The van der Waals surface area contributed by atoms with E-state index in [1.165, 1.54) is 0 Å². The van der Waals surface area contributed by atoms with Gasteiger partial charge in [-0.3, -0.25) is 14.4 Å². The molecule has 4 aliphatic rings. The van der Waals surface area contributed by atoms with Crippen molar-refractivity contribution >= 4 is 46.8 Å². The number of rotatable bonds is 8. The quantitative estimate of drug-likeness (QED) is 0.387.